The van der Waals surface area contributed by atoms with Gasteiger partial charge in [0.2, 0.25) is 0 Å². The van der Waals surface area contributed by atoms with Crippen LogP contribution in [0.2, 0.25) is 0 Å². The lowest BCUT2D eigenvalue weighted by molar-refractivity contribution is 0.0591. The predicted molar refractivity (Wildman–Crippen MR) is 126 cm³/mol. The van der Waals surface area contributed by atoms with Crippen molar-refractivity contribution in [3.05, 3.63) is 67.8 Å². The van der Waals surface area contributed by atoms with E-state index in [1.807, 2.05) is 19.1 Å². The highest BCUT2D eigenvalue weighted by atomic mass is 127. The minimum atomic E-state index is -0.460. The van der Waals surface area contributed by atoms with Crippen LogP contribution in [0.5, 0.6) is 0 Å². The number of Topliss-reactive ketones (excluding diaryl/α,β-unsaturated/α-hetero) is 1. The third-order valence-electron chi connectivity index (χ3n) is 3.67. The number of carbonyl (C=O) groups is 3. The fourth-order valence-corrected chi connectivity index (χ4v) is 2.74. The molecule has 0 saturated heterocycles. The second-order valence-corrected chi connectivity index (χ2v) is 6.96. The van der Waals surface area contributed by atoms with Gasteiger partial charge < -0.3 is 9.47 Å². The SMILES string of the molecule is C.C.COC(=O)c1ccc(C)c(C(=O)CCl)c1.COC(=O)c1ccc(C)c(I)c1. The highest BCUT2D eigenvalue weighted by Crippen LogP contribution is 2.14. The largest absolute Gasteiger partial charge is 0.465 e. The van der Waals surface area contributed by atoms with Gasteiger partial charge in [-0.05, 0) is 71.8 Å². The summed E-state index contributed by atoms with van der Waals surface area (Å²) < 4.78 is 10.2. The minimum Gasteiger partial charge on any atom is -0.465 e. The van der Waals surface area contributed by atoms with Crippen LogP contribution in [0.1, 0.15) is 57.1 Å². The first kappa shape index (κ1) is 29.3. The maximum absolute atomic E-state index is 11.4. The smallest absolute Gasteiger partial charge is 0.337 e. The molecule has 5 nitrogen and oxygen atoms in total. The number of aryl methyl sites for hydroxylation is 2. The molecule has 0 N–H and O–H groups in total. The third kappa shape index (κ3) is 8.53. The fraction of sp³-hybridized carbons (Fsp3) is 0.318. The molecule has 0 aliphatic heterocycles. The van der Waals surface area contributed by atoms with Gasteiger partial charge in [-0.25, -0.2) is 9.59 Å². The summed E-state index contributed by atoms with van der Waals surface area (Å²) in [5.41, 5.74) is 3.40. The zero-order chi connectivity index (χ0) is 20.6. The number of benzene rings is 2. The Morgan fingerprint density at radius 1 is 0.862 bits per heavy atom. The number of ketones is 1. The summed E-state index contributed by atoms with van der Waals surface area (Å²) in [5, 5.41) is 0. The molecule has 0 radical (unpaired) electrons. The van der Waals surface area contributed by atoms with Crippen molar-refractivity contribution in [3.63, 3.8) is 0 Å². The van der Waals surface area contributed by atoms with Crippen molar-refractivity contribution in [3.8, 4) is 0 Å². The van der Waals surface area contributed by atoms with E-state index < -0.39 is 5.97 Å². The van der Waals surface area contributed by atoms with Crippen LogP contribution < -0.4 is 0 Å². The van der Waals surface area contributed by atoms with Gasteiger partial charge in [-0.15, -0.1) is 11.6 Å². The molecule has 160 valence electrons. The highest BCUT2D eigenvalue weighted by Gasteiger charge is 2.12. The molecule has 0 heterocycles. The van der Waals surface area contributed by atoms with Crippen molar-refractivity contribution in [2.45, 2.75) is 28.7 Å². The number of alkyl halides is 1. The highest BCUT2D eigenvalue weighted by molar-refractivity contribution is 14.1. The Balaban J connectivity index is 0. The van der Waals surface area contributed by atoms with Crippen molar-refractivity contribution >= 4 is 51.9 Å². The van der Waals surface area contributed by atoms with Gasteiger partial charge in [0.1, 0.15) is 0 Å². The fourth-order valence-electron chi connectivity index (χ4n) is 2.08. The lowest BCUT2D eigenvalue weighted by Gasteiger charge is -2.05. The Morgan fingerprint density at radius 3 is 1.72 bits per heavy atom. The van der Waals surface area contributed by atoms with E-state index in [4.69, 9.17) is 11.6 Å². The molecule has 29 heavy (non-hydrogen) atoms. The van der Waals surface area contributed by atoms with Gasteiger partial charge >= 0.3 is 11.9 Å². The van der Waals surface area contributed by atoms with Crippen LogP contribution in [0.3, 0.4) is 0 Å². The monoisotopic (exact) mass is 534 g/mol. The summed E-state index contributed by atoms with van der Waals surface area (Å²) in [7, 11) is 2.68. The number of hydrogen-bond donors (Lipinski definition) is 0. The van der Waals surface area contributed by atoms with E-state index >= 15 is 0 Å². The van der Waals surface area contributed by atoms with E-state index in [9.17, 15) is 14.4 Å². The molecule has 2 aromatic rings. The van der Waals surface area contributed by atoms with Crippen LogP contribution in [-0.4, -0.2) is 37.8 Å². The Morgan fingerprint density at radius 2 is 1.31 bits per heavy atom. The topological polar surface area (TPSA) is 69.7 Å². The molecule has 0 bridgehead atoms. The van der Waals surface area contributed by atoms with E-state index in [1.54, 1.807) is 25.1 Å². The van der Waals surface area contributed by atoms with Crippen molar-refractivity contribution in [1.29, 1.82) is 0 Å². The molecule has 0 spiro atoms. The van der Waals surface area contributed by atoms with Gasteiger partial charge in [-0.1, -0.05) is 27.0 Å². The quantitative estimate of drug-likeness (QED) is 0.213. The molecule has 2 aromatic carbocycles. The molecule has 0 fully saturated rings. The molecule has 0 amide bonds. The number of carbonyl (C=O) groups excluding carboxylic acids is 3. The average molecular weight is 535 g/mol. The summed E-state index contributed by atoms with van der Waals surface area (Å²) in [6, 6.07) is 10.3. The zero-order valence-electron chi connectivity index (χ0n) is 15.5. The Bertz CT molecular complexity index is 849. The summed E-state index contributed by atoms with van der Waals surface area (Å²) in [4.78, 5) is 33.7. The van der Waals surface area contributed by atoms with Crippen molar-refractivity contribution in [2.75, 3.05) is 20.1 Å². The second-order valence-electron chi connectivity index (χ2n) is 5.53. The first-order valence-corrected chi connectivity index (χ1v) is 9.49. The summed E-state index contributed by atoms with van der Waals surface area (Å²) in [6.45, 7) is 3.80. The molecule has 0 saturated carbocycles. The van der Waals surface area contributed by atoms with Crippen LogP contribution in [0, 0.1) is 17.4 Å². The van der Waals surface area contributed by atoms with E-state index in [0.717, 1.165) is 9.13 Å². The second kappa shape index (κ2) is 14.1. The van der Waals surface area contributed by atoms with Crippen LogP contribution in [0.15, 0.2) is 36.4 Å². The maximum atomic E-state index is 11.4. The summed E-state index contributed by atoms with van der Waals surface area (Å²) in [5.74, 6) is -1.03. The number of methoxy groups -OCH3 is 2. The van der Waals surface area contributed by atoms with Crippen molar-refractivity contribution < 1.29 is 23.9 Å². The molecular weight excluding hydrogens is 507 g/mol. The first-order chi connectivity index (χ1) is 12.7. The van der Waals surface area contributed by atoms with Crippen LogP contribution in [0.25, 0.3) is 0 Å². The van der Waals surface area contributed by atoms with E-state index in [1.165, 1.54) is 25.8 Å². The number of ether oxygens (including phenoxy) is 2. The van der Waals surface area contributed by atoms with Crippen LogP contribution in [-0.2, 0) is 9.47 Å². The number of rotatable bonds is 4. The molecule has 0 aliphatic carbocycles. The average Bonchev–Trinajstić information content (AvgIpc) is 2.69. The normalized spacial score (nSPS) is 9.03. The van der Waals surface area contributed by atoms with Gasteiger partial charge in [-0.2, -0.15) is 0 Å². The summed E-state index contributed by atoms with van der Waals surface area (Å²) in [6.07, 6.45) is 0. The molecule has 0 unspecified atom stereocenters. The Labute approximate surface area is 191 Å². The maximum Gasteiger partial charge on any atom is 0.337 e. The third-order valence-corrected chi connectivity index (χ3v) is 5.08. The number of esters is 2. The van der Waals surface area contributed by atoms with Gasteiger partial charge in [0, 0.05) is 9.13 Å². The van der Waals surface area contributed by atoms with Crippen LogP contribution >= 0.6 is 34.2 Å². The molecule has 0 atom stereocenters. The van der Waals surface area contributed by atoms with Crippen molar-refractivity contribution in [1.82, 2.24) is 0 Å². The molecule has 7 heteroatoms. The van der Waals surface area contributed by atoms with Crippen molar-refractivity contribution in [2.24, 2.45) is 0 Å². The van der Waals surface area contributed by atoms with E-state index in [2.05, 4.69) is 32.1 Å². The Hall–Kier alpha value is -1.93. The molecule has 2 rings (SSSR count). The standard InChI is InChI=1S/C11H11ClO3.C9H9IO2.2CH4/c1-7-3-4-8(11(14)15-2)5-9(7)10(13)6-12;1-6-3-4-7(5-8(6)10)9(11)12-2;;/h3-5H,6H2,1-2H3;3-5H,1-2H3;2*1H4. The van der Waals surface area contributed by atoms with Gasteiger partial charge in [0.25, 0.3) is 0 Å². The van der Waals surface area contributed by atoms with Crippen LogP contribution in [0.4, 0.5) is 0 Å². The van der Waals surface area contributed by atoms with E-state index in [-0.39, 0.29) is 32.5 Å². The molecular formula is C22H28ClIO5. The van der Waals surface area contributed by atoms with Gasteiger partial charge in [0.05, 0.1) is 31.2 Å². The Kier molecular flexibility index (Phi) is 14.2. The summed E-state index contributed by atoms with van der Waals surface area (Å²) >= 11 is 7.65. The lowest BCUT2D eigenvalue weighted by Crippen LogP contribution is -2.07. The zero-order valence-corrected chi connectivity index (χ0v) is 18.4. The van der Waals surface area contributed by atoms with Gasteiger partial charge in [-0.3, -0.25) is 4.79 Å². The van der Waals surface area contributed by atoms with E-state index in [0.29, 0.717) is 16.7 Å². The lowest BCUT2D eigenvalue weighted by atomic mass is 10.0. The molecule has 0 aromatic heterocycles. The molecule has 0 aliphatic rings. The number of halogens is 2. The van der Waals surface area contributed by atoms with Gasteiger partial charge in [0.15, 0.2) is 5.78 Å². The minimum absolute atomic E-state index is 0. The first-order valence-electron chi connectivity index (χ1n) is 7.87. The number of hydrogen-bond acceptors (Lipinski definition) is 5. The predicted octanol–water partition coefficient (Wildman–Crippen LogP) is 5.86.